The molecule has 0 aliphatic carbocycles. The van der Waals surface area contributed by atoms with E-state index in [-0.39, 0.29) is 24.5 Å². The zero-order valence-corrected chi connectivity index (χ0v) is 17.5. The first kappa shape index (κ1) is 20.7. The van der Waals surface area contributed by atoms with Gasteiger partial charge in [0.25, 0.3) is 10.0 Å². The summed E-state index contributed by atoms with van der Waals surface area (Å²) in [6.07, 6.45) is 2.49. The summed E-state index contributed by atoms with van der Waals surface area (Å²) in [5, 5.41) is 9.27. The molecule has 1 N–H and O–H groups in total. The van der Waals surface area contributed by atoms with Crippen molar-refractivity contribution in [3.8, 4) is 0 Å². The minimum Gasteiger partial charge on any atom is -0.337 e. The predicted octanol–water partition coefficient (Wildman–Crippen LogP) is 2.04. The van der Waals surface area contributed by atoms with E-state index in [4.69, 9.17) is 4.52 Å². The maximum Gasteiger partial charge on any atom is 0.253 e. The standard InChI is InChI=1S/C16H23N5O3S2.ClH/c1-20-9-7-17-11-13(20)15-18-16(24-19-15)12-5-2-3-8-21(12)26(22,23)14-6-4-10-25-14;/h4,6,10,12-13,17H,2-3,5,7-9,11H2,1H3;1H. The molecule has 0 aromatic carbocycles. The molecule has 4 heterocycles. The molecule has 0 saturated carbocycles. The van der Waals surface area contributed by atoms with E-state index in [0.29, 0.717) is 28.9 Å². The highest BCUT2D eigenvalue weighted by Gasteiger charge is 2.38. The number of nitrogens with zero attached hydrogens (tertiary/aromatic N) is 4. The second kappa shape index (κ2) is 8.54. The summed E-state index contributed by atoms with van der Waals surface area (Å²) >= 11 is 1.24. The second-order valence-electron chi connectivity index (χ2n) is 6.75. The molecule has 2 saturated heterocycles. The number of nitrogens with one attached hydrogen (secondary N) is 1. The fourth-order valence-corrected chi connectivity index (χ4v) is 6.35. The Hall–Kier alpha value is -1.04. The Kier molecular flexibility index (Phi) is 6.54. The minimum atomic E-state index is -3.54. The predicted molar refractivity (Wildman–Crippen MR) is 105 cm³/mol. The highest BCUT2D eigenvalue weighted by molar-refractivity contribution is 7.91. The number of hydrogen-bond acceptors (Lipinski definition) is 8. The summed E-state index contributed by atoms with van der Waals surface area (Å²) in [4.78, 5) is 6.78. The van der Waals surface area contributed by atoms with E-state index >= 15 is 0 Å². The Morgan fingerprint density at radius 2 is 2.15 bits per heavy atom. The van der Waals surface area contributed by atoms with Gasteiger partial charge in [-0.1, -0.05) is 17.6 Å². The molecule has 2 aromatic rings. The van der Waals surface area contributed by atoms with Gasteiger partial charge in [-0.15, -0.1) is 23.7 Å². The summed E-state index contributed by atoms with van der Waals surface area (Å²) in [5.41, 5.74) is 0. The zero-order valence-electron chi connectivity index (χ0n) is 15.1. The average molecular weight is 434 g/mol. The van der Waals surface area contributed by atoms with Gasteiger partial charge in [0, 0.05) is 26.2 Å². The van der Waals surface area contributed by atoms with Gasteiger partial charge in [-0.25, -0.2) is 8.42 Å². The molecule has 0 radical (unpaired) electrons. The van der Waals surface area contributed by atoms with Crippen molar-refractivity contribution in [2.24, 2.45) is 0 Å². The van der Waals surface area contributed by atoms with Crippen molar-refractivity contribution >= 4 is 33.8 Å². The Labute approximate surface area is 169 Å². The van der Waals surface area contributed by atoms with Crippen molar-refractivity contribution in [1.29, 1.82) is 0 Å². The van der Waals surface area contributed by atoms with E-state index in [0.717, 1.165) is 32.5 Å². The number of likely N-dealkylation sites (N-methyl/N-ethyl adjacent to an activating group) is 1. The lowest BCUT2D eigenvalue weighted by atomic mass is 10.1. The fraction of sp³-hybridized carbons (Fsp3) is 0.625. The number of piperidine rings is 1. The molecule has 2 fully saturated rings. The number of rotatable bonds is 4. The van der Waals surface area contributed by atoms with Crippen LogP contribution < -0.4 is 5.32 Å². The van der Waals surface area contributed by atoms with Gasteiger partial charge in [-0.3, -0.25) is 4.90 Å². The average Bonchev–Trinajstić information content (AvgIpc) is 3.34. The van der Waals surface area contributed by atoms with Gasteiger partial charge in [-0.05, 0) is 31.3 Å². The summed E-state index contributed by atoms with van der Waals surface area (Å²) in [6, 6.07) is 3.06. The first-order valence-electron chi connectivity index (χ1n) is 8.87. The lowest BCUT2D eigenvalue weighted by molar-refractivity contribution is 0.187. The van der Waals surface area contributed by atoms with Crippen LogP contribution >= 0.6 is 23.7 Å². The maximum absolute atomic E-state index is 13.0. The van der Waals surface area contributed by atoms with Gasteiger partial charge in [-0.2, -0.15) is 9.29 Å². The van der Waals surface area contributed by atoms with Crippen molar-refractivity contribution in [1.82, 2.24) is 24.7 Å². The van der Waals surface area contributed by atoms with Crippen molar-refractivity contribution in [3.05, 3.63) is 29.2 Å². The van der Waals surface area contributed by atoms with Gasteiger partial charge in [0.05, 0.1) is 6.04 Å². The smallest absolute Gasteiger partial charge is 0.253 e. The quantitative estimate of drug-likeness (QED) is 0.788. The normalized spacial score (nSPS) is 25.2. The van der Waals surface area contributed by atoms with E-state index in [1.54, 1.807) is 17.5 Å². The molecule has 2 aromatic heterocycles. The van der Waals surface area contributed by atoms with E-state index in [1.165, 1.54) is 15.6 Å². The Bertz CT molecular complexity index is 842. The molecule has 27 heavy (non-hydrogen) atoms. The third-order valence-electron chi connectivity index (χ3n) is 5.06. The Morgan fingerprint density at radius 3 is 2.89 bits per heavy atom. The van der Waals surface area contributed by atoms with E-state index < -0.39 is 10.0 Å². The van der Waals surface area contributed by atoms with Crippen molar-refractivity contribution in [2.45, 2.75) is 35.6 Å². The lowest BCUT2D eigenvalue weighted by Gasteiger charge is -2.32. The third-order valence-corrected chi connectivity index (χ3v) is 8.34. The van der Waals surface area contributed by atoms with Gasteiger partial charge in [0.15, 0.2) is 5.82 Å². The van der Waals surface area contributed by atoms with E-state index in [9.17, 15) is 8.42 Å². The van der Waals surface area contributed by atoms with Gasteiger partial charge >= 0.3 is 0 Å². The van der Waals surface area contributed by atoms with Crippen LogP contribution in [0.4, 0.5) is 0 Å². The van der Waals surface area contributed by atoms with Crippen LogP contribution in [0.1, 0.15) is 43.1 Å². The molecule has 2 atom stereocenters. The first-order valence-corrected chi connectivity index (χ1v) is 11.2. The molecule has 2 unspecified atom stereocenters. The van der Waals surface area contributed by atoms with Crippen molar-refractivity contribution in [3.63, 3.8) is 0 Å². The van der Waals surface area contributed by atoms with Crippen LogP contribution in [0.2, 0.25) is 0 Å². The largest absolute Gasteiger partial charge is 0.337 e. The second-order valence-corrected chi connectivity index (χ2v) is 9.82. The molecule has 8 nitrogen and oxygen atoms in total. The summed E-state index contributed by atoms with van der Waals surface area (Å²) < 4.78 is 33.5. The number of hydrogen-bond donors (Lipinski definition) is 1. The minimum absolute atomic E-state index is 0. The van der Waals surface area contributed by atoms with Crippen LogP contribution in [0.5, 0.6) is 0 Å². The molecular formula is C16H24ClN5O3S2. The number of halogens is 1. The number of sulfonamides is 1. The van der Waals surface area contributed by atoms with Crippen LogP contribution in [0.3, 0.4) is 0 Å². The van der Waals surface area contributed by atoms with Crippen LogP contribution in [0.25, 0.3) is 0 Å². The lowest BCUT2D eigenvalue weighted by Crippen LogP contribution is -2.44. The molecule has 0 bridgehead atoms. The third kappa shape index (κ3) is 4.06. The van der Waals surface area contributed by atoms with E-state index in [2.05, 4.69) is 20.4 Å². The molecule has 11 heteroatoms. The summed E-state index contributed by atoms with van der Waals surface area (Å²) in [6.45, 7) is 3.09. The molecule has 2 aliphatic rings. The monoisotopic (exact) mass is 433 g/mol. The highest BCUT2D eigenvalue weighted by atomic mass is 35.5. The molecule has 0 spiro atoms. The van der Waals surface area contributed by atoms with Crippen LogP contribution in [-0.4, -0.2) is 61.0 Å². The topological polar surface area (TPSA) is 91.6 Å². The molecular weight excluding hydrogens is 410 g/mol. The maximum atomic E-state index is 13.0. The van der Waals surface area contributed by atoms with Crippen LogP contribution in [0, 0.1) is 0 Å². The molecule has 0 amide bonds. The molecule has 2 aliphatic heterocycles. The fourth-order valence-electron chi connectivity index (χ4n) is 3.58. The van der Waals surface area contributed by atoms with Crippen molar-refractivity contribution < 1.29 is 12.9 Å². The number of thiophene rings is 1. The van der Waals surface area contributed by atoms with Crippen molar-refractivity contribution in [2.75, 3.05) is 33.2 Å². The summed E-state index contributed by atoms with van der Waals surface area (Å²) in [7, 11) is -1.50. The van der Waals surface area contributed by atoms with Gasteiger partial charge in [0.2, 0.25) is 5.89 Å². The van der Waals surface area contributed by atoms with Crippen LogP contribution in [0.15, 0.2) is 26.2 Å². The number of aromatic nitrogens is 2. The van der Waals surface area contributed by atoms with Gasteiger partial charge < -0.3 is 9.84 Å². The van der Waals surface area contributed by atoms with Gasteiger partial charge in [0.1, 0.15) is 10.3 Å². The number of piperazine rings is 1. The van der Waals surface area contributed by atoms with E-state index in [1.807, 2.05) is 7.05 Å². The van der Waals surface area contributed by atoms with Crippen LogP contribution in [-0.2, 0) is 10.0 Å². The highest BCUT2D eigenvalue weighted by Crippen LogP contribution is 2.36. The molecule has 4 rings (SSSR count). The Morgan fingerprint density at radius 1 is 1.30 bits per heavy atom. The first-order chi connectivity index (χ1) is 12.6. The Balaban J connectivity index is 0.00000210. The SMILES string of the molecule is CN1CCNCC1c1noc(C2CCCCN2S(=O)(=O)c2cccs2)n1.Cl. The zero-order chi connectivity index (χ0) is 18.1. The molecule has 150 valence electrons. The summed E-state index contributed by atoms with van der Waals surface area (Å²) in [5.74, 6) is 1.02.